The van der Waals surface area contributed by atoms with E-state index in [1.54, 1.807) is 0 Å². The van der Waals surface area contributed by atoms with E-state index in [2.05, 4.69) is 4.98 Å². The molecule has 1 heterocycles. The first kappa shape index (κ1) is 9.38. The number of ketones is 1. The van der Waals surface area contributed by atoms with Crippen LogP contribution in [-0.2, 0) is 0 Å². The summed E-state index contributed by atoms with van der Waals surface area (Å²) in [4.78, 5) is 16.1. The minimum absolute atomic E-state index is 0.262. The van der Waals surface area contributed by atoms with Gasteiger partial charge in [-0.15, -0.1) is 0 Å². The predicted molar refractivity (Wildman–Crippen MR) is 55.4 cm³/mol. The molecule has 1 aromatic heterocycles. The van der Waals surface area contributed by atoms with Crippen molar-refractivity contribution in [3.8, 4) is 0 Å². The molecule has 74 valence electrons. The van der Waals surface area contributed by atoms with Crippen molar-refractivity contribution in [3.05, 3.63) is 29.1 Å². The lowest BCUT2D eigenvalue weighted by molar-refractivity contribution is 0.0975. The molecule has 0 radical (unpaired) electrons. The van der Waals surface area contributed by atoms with E-state index in [1.165, 1.54) is 12.8 Å². The molecule has 0 atom stereocenters. The Bertz CT molecular complexity index is 367. The third-order valence-corrected chi connectivity index (χ3v) is 2.70. The van der Waals surface area contributed by atoms with Crippen LogP contribution in [0.2, 0.25) is 0 Å². The molecular formula is C12H15NO. The molecule has 1 aliphatic rings. The van der Waals surface area contributed by atoms with Crippen LogP contribution in [0.25, 0.3) is 0 Å². The molecule has 0 amide bonds. The second-order valence-corrected chi connectivity index (χ2v) is 4.16. The number of aryl methyl sites for hydroxylation is 2. The van der Waals surface area contributed by atoms with Crippen molar-refractivity contribution in [1.82, 2.24) is 4.98 Å². The summed E-state index contributed by atoms with van der Waals surface area (Å²) < 4.78 is 0. The van der Waals surface area contributed by atoms with E-state index in [4.69, 9.17) is 0 Å². The van der Waals surface area contributed by atoms with E-state index in [0.717, 1.165) is 17.0 Å². The van der Waals surface area contributed by atoms with Crippen LogP contribution in [0.15, 0.2) is 12.1 Å². The van der Waals surface area contributed by atoms with Gasteiger partial charge in [0, 0.05) is 23.4 Å². The van der Waals surface area contributed by atoms with Gasteiger partial charge in [0.05, 0.1) is 0 Å². The van der Waals surface area contributed by atoms with Gasteiger partial charge in [0.15, 0.2) is 5.78 Å². The Morgan fingerprint density at radius 3 is 2.71 bits per heavy atom. The largest absolute Gasteiger partial charge is 0.294 e. The second kappa shape index (κ2) is 3.52. The highest BCUT2D eigenvalue weighted by molar-refractivity contribution is 5.97. The minimum Gasteiger partial charge on any atom is -0.294 e. The number of carbonyl (C=O) groups excluding carboxylic acids is 1. The third kappa shape index (κ3) is 2.00. The summed E-state index contributed by atoms with van der Waals surface area (Å²) in [6.07, 6.45) is 3.17. The molecule has 0 aromatic carbocycles. The first-order chi connectivity index (χ1) is 6.66. The monoisotopic (exact) mass is 189 g/mol. The topological polar surface area (TPSA) is 30.0 Å². The Labute approximate surface area is 84.4 Å². The first-order valence-corrected chi connectivity index (χ1v) is 5.14. The standard InChI is InChI=1S/C12H15NO/c1-8-3-6-11(9(2)13-8)12(14)7-10-4-5-10/h3,6,10H,4-5,7H2,1-2H3. The van der Waals surface area contributed by atoms with Gasteiger partial charge in [0.25, 0.3) is 0 Å². The van der Waals surface area contributed by atoms with Gasteiger partial charge in [0.2, 0.25) is 0 Å². The van der Waals surface area contributed by atoms with E-state index in [-0.39, 0.29) is 5.78 Å². The molecule has 2 nitrogen and oxygen atoms in total. The number of nitrogens with zero attached hydrogens (tertiary/aromatic N) is 1. The fourth-order valence-corrected chi connectivity index (χ4v) is 1.68. The van der Waals surface area contributed by atoms with Crippen molar-refractivity contribution in [1.29, 1.82) is 0 Å². The van der Waals surface area contributed by atoms with Crippen LogP contribution in [0.5, 0.6) is 0 Å². The van der Waals surface area contributed by atoms with E-state index in [9.17, 15) is 4.79 Å². The molecule has 0 N–H and O–H groups in total. The third-order valence-electron chi connectivity index (χ3n) is 2.70. The number of aromatic nitrogens is 1. The van der Waals surface area contributed by atoms with Crippen molar-refractivity contribution in [2.75, 3.05) is 0 Å². The van der Waals surface area contributed by atoms with Crippen molar-refractivity contribution < 1.29 is 4.79 Å². The van der Waals surface area contributed by atoms with Crippen LogP contribution < -0.4 is 0 Å². The van der Waals surface area contributed by atoms with Gasteiger partial charge in [0.1, 0.15) is 0 Å². The lowest BCUT2D eigenvalue weighted by atomic mass is 10.0. The number of hydrogen-bond donors (Lipinski definition) is 0. The predicted octanol–water partition coefficient (Wildman–Crippen LogP) is 2.68. The number of carbonyl (C=O) groups is 1. The summed E-state index contributed by atoms with van der Waals surface area (Å²) in [6, 6.07) is 3.81. The molecule has 0 saturated heterocycles. The summed E-state index contributed by atoms with van der Waals surface area (Å²) >= 11 is 0. The molecular weight excluding hydrogens is 174 g/mol. The molecule has 2 rings (SSSR count). The van der Waals surface area contributed by atoms with Gasteiger partial charge in [-0.25, -0.2) is 0 Å². The van der Waals surface area contributed by atoms with Crippen LogP contribution in [0.1, 0.15) is 41.0 Å². The number of hydrogen-bond acceptors (Lipinski definition) is 2. The van der Waals surface area contributed by atoms with Gasteiger partial charge < -0.3 is 0 Å². The summed E-state index contributed by atoms with van der Waals surface area (Å²) in [5.41, 5.74) is 2.66. The van der Waals surface area contributed by atoms with E-state index >= 15 is 0 Å². The highest BCUT2D eigenvalue weighted by atomic mass is 16.1. The van der Waals surface area contributed by atoms with Crippen molar-refractivity contribution in [2.24, 2.45) is 5.92 Å². The quantitative estimate of drug-likeness (QED) is 0.684. The Kier molecular flexibility index (Phi) is 2.36. The normalized spacial score (nSPS) is 15.6. The zero-order valence-electron chi connectivity index (χ0n) is 8.71. The summed E-state index contributed by atoms with van der Waals surface area (Å²) in [5.74, 6) is 0.917. The molecule has 0 bridgehead atoms. The van der Waals surface area contributed by atoms with E-state index in [0.29, 0.717) is 12.3 Å². The van der Waals surface area contributed by atoms with E-state index in [1.807, 2.05) is 26.0 Å². The van der Waals surface area contributed by atoms with Gasteiger partial charge in [-0.05, 0) is 44.7 Å². The number of Topliss-reactive ketones (excluding diaryl/α,β-unsaturated/α-hetero) is 1. The highest BCUT2D eigenvalue weighted by Crippen LogP contribution is 2.33. The summed E-state index contributed by atoms with van der Waals surface area (Å²) in [5, 5.41) is 0. The molecule has 1 aromatic rings. The van der Waals surface area contributed by atoms with Crippen molar-refractivity contribution >= 4 is 5.78 Å². The summed E-state index contributed by atoms with van der Waals surface area (Å²) in [7, 11) is 0. The Morgan fingerprint density at radius 1 is 1.43 bits per heavy atom. The van der Waals surface area contributed by atoms with Crippen LogP contribution in [-0.4, -0.2) is 10.8 Å². The zero-order valence-corrected chi connectivity index (χ0v) is 8.71. The summed E-state index contributed by atoms with van der Waals surface area (Å²) in [6.45, 7) is 3.86. The lowest BCUT2D eigenvalue weighted by Gasteiger charge is -2.04. The maximum atomic E-state index is 11.8. The zero-order chi connectivity index (χ0) is 10.1. The molecule has 0 spiro atoms. The fourth-order valence-electron chi connectivity index (χ4n) is 1.68. The Hall–Kier alpha value is -1.18. The van der Waals surface area contributed by atoms with Crippen LogP contribution in [0, 0.1) is 19.8 Å². The average Bonchev–Trinajstić information content (AvgIpc) is 2.87. The number of pyridine rings is 1. The van der Waals surface area contributed by atoms with Crippen LogP contribution in [0.3, 0.4) is 0 Å². The minimum atomic E-state index is 0.262. The Balaban J connectivity index is 2.17. The SMILES string of the molecule is Cc1ccc(C(=O)CC2CC2)c(C)n1. The molecule has 0 aliphatic heterocycles. The smallest absolute Gasteiger partial charge is 0.164 e. The van der Waals surface area contributed by atoms with Crippen LogP contribution in [0.4, 0.5) is 0 Å². The average molecular weight is 189 g/mol. The van der Waals surface area contributed by atoms with Crippen molar-refractivity contribution in [3.63, 3.8) is 0 Å². The van der Waals surface area contributed by atoms with Crippen molar-refractivity contribution in [2.45, 2.75) is 33.1 Å². The van der Waals surface area contributed by atoms with Gasteiger partial charge in [-0.2, -0.15) is 0 Å². The molecule has 1 saturated carbocycles. The number of rotatable bonds is 3. The second-order valence-electron chi connectivity index (χ2n) is 4.16. The van der Waals surface area contributed by atoms with Gasteiger partial charge in [-0.3, -0.25) is 9.78 Å². The fraction of sp³-hybridized carbons (Fsp3) is 0.500. The van der Waals surface area contributed by atoms with E-state index < -0.39 is 0 Å². The lowest BCUT2D eigenvalue weighted by Crippen LogP contribution is -2.04. The molecule has 1 fully saturated rings. The van der Waals surface area contributed by atoms with Gasteiger partial charge in [-0.1, -0.05) is 0 Å². The molecule has 0 unspecified atom stereocenters. The maximum Gasteiger partial charge on any atom is 0.164 e. The molecule has 1 aliphatic carbocycles. The Morgan fingerprint density at radius 2 is 2.14 bits per heavy atom. The first-order valence-electron chi connectivity index (χ1n) is 5.14. The van der Waals surface area contributed by atoms with Crippen LogP contribution >= 0.6 is 0 Å². The maximum absolute atomic E-state index is 11.8. The van der Waals surface area contributed by atoms with Gasteiger partial charge >= 0.3 is 0 Å². The molecule has 2 heteroatoms. The highest BCUT2D eigenvalue weighted by Gasteiger charge is 2.25. The molecule has 14 heavy (non-hydrogen) atoms.